The van der Waals surface area contributed by atoms with E-state index in [9.17, 15) is 5.11 Å². The molecule has 1 aromatic rings. The zero-order chi connectivity index (χ0) is 11.9. The van der Waals surface area contributed by atoms with Crippen molar-refractivity contribution < 1.29 is 5.11 Å². The summed E-state index contributed by atoms with van der Waals surface area (Å²) in [6.07, 6.45) is 7.16. The van der Waals surface area contributed by atoms with Crippen LogP contribution in [0.4, 0.5) is 0 Å². The molecule has 0 amide bonds. The molecule has 1 N–H and O–H groups in total. The minimum absolute atomic E-state index is 0.412. The fourth-order valence-corrected chi connectivity index (χ4v) is 2.17. The third-order valence-electron chi connectivity index (χ3n) is 3.60. The third kappa shape index (κ3) is 1.43. The largest absolute Gasteiger partial charge is 0.388 e. The quantitative estimate of drug-likeness (QED) is 0.780. The zero-order valence-electron chi connectivity index (χ0n) is 10.2. The molecule has 16 heavy (non-hydrogen) atoms. The van der Waals surface area contributed by atoms with Crippen LogP contribution in [0.5, 0.6) is 0 Å². The summed E-state index contributed by atoms with van der Waals surface area (Å²) in [5.41, 5.74) is 2.85. The summed E-state index contributed by atoms with van der Waals surface area (Å²) in [5.74, 6) is 0. The molecule has 0 aromatic carbocycles. The molecule has 0 bridgehead atoms. The molecule has 0 radical (unpaired) electrons. The van der Waals surface area contributed by atoms with Crippen molar-refractivity contribution in [3.05, 3.63) is 41.3 Å². The van der Waals surface area contributed by atoms with Gasteiger partial charge in [0.2, 0.25) is 0 Å². The predicted octanol–water partition coefficient (Wildman–Crippen LogP) is 1.78. The molecule has 1 aromatic heterocycles. The van der Waals surface area contributed by atoms with Crippen molar-refractivity contribution in [3.63, 3.8) is 0 Å². The molecule has 3 heteroatoms. The summed E-state index contributed by atoms with van der Waals surface area (Å²) in [6, 6.07) is 0. The van der Waals surface area contributed by atoms with Crippen molar-refractivity contribution in [3.8, 4) is 0 Å². The van der Waals surface area contributed by atoms with Crippen LogP contribution < -0.4 is 0 Å². The number of nitrogens with zero attached hydrogens (tertiary/aromatic N) is 2. The van der Waals surface area contributed by atoms with Gasteiger partial charge in [-0.1, -0.05) is 24.3 Å². The summed E-state index contributed by atoms with van der Waals surface area (Å²) in [7, 11) is 1.93. The first kappa shape index (κ1) is 11.1. The van der Waals surface area contributed by atoms with E-state index in [-0.39, 0.29) is 0 Å². The SMILES string of the molecule is Cc1c(C2(C)C=CC=CC2O)nn(C)c1C. The number of aryl methyl sites for hydroxylation is 1. The lowest BCUT2D eigenvalue weighted by atomic mass is 9.77. The minimum Gasteiger partial charge on any atom is -0.388 e. The van der Waals surface area contributed by atoms with E-state index >= 15 is 0 Å². The van der Waals surface area contributed by atoms with Crippen LogP contribution >= 0.6 is 0 Å². The molecule has 2 unspecified atom stereocenters. The van der Waals surface area contributed by atoms with Gasteiger partial charge in [-0.15, -0.1) is 0 Å². The van der Waals surface area contributed by atoms with Crippen molar-refractivity contribution in [2.75, 3.05) is 0 Å². The van der Waals surface area contributed by atoms with E-state index in [0.29, 0.717) is 0 Å². The lowest BCUT2D eigenvalue weighted by molar-refractivity contribution is 0.156. The number of aliphatic hydroxyl groups excluding tert-OH is 1. The van der Waals surface area contributed by atoms with E-state index < -0.39 is 11.5 Å². The lowest BCUT2D eigenvalue weighted by Gasteiger charge is -2.30. The van der Waals surface area contributed by atoms with Crippen LogP contribution in [-0.4, -0.2) is 21.0 Å². The molecule has 0 fully saturated rings. The summed E-state index contributed by atoms with van der Waals surface area (Å²) >= 11 is 0. The lowest BCUT2D eigenvalue weighted by Crippen LogP contribution is -2.35. The number of aromatic nitrogens is 2. The normalized spacial score (nSPS) is 28.7. The Balaban J connectivity index is 2.55. The highest BCUT2D eigenvalue weighted by Gasteiger charge is 2.36. The van der Waals surface area contributed by atoms with E-state index in [1.54, 1.807) is 0 Å². The highest BCUT2D eigenvalue weighted by molar-refractivity contribution is 5.39. The average Bonchev–Trinajstić information content (AvgIpc) is 2.51. The third-order valence-corrected chi connectivity index (χ3v) is 3.60. The van der Waals surface area contributed by atoms with E-state index in [2.05, 4.69) is 12.0 Å². The number of rotatable bonds is 1. The molecule has 86 valence electrons. The van der Waals surface area contributed by atoms with Crippen molar-refractivity contribution >= 4 is 0 Å². The summed E-state index contributed by atoms with van der Waals surface area (Å²) in [5, 5.41) is 14.6. The molecular weight excluding hydrogens is 200 g/mol. The first-order valence-electron chi connectivity index (χ1n) is 5.51. The van der Waals surface area contributed by atoms with Gasteiger partial charge in [0, 0.05) is 12.7 Å². The number of aliphatic hydroxyl groups is 1. The molecule has 0 saturated carbocycles. The van der Waals surface area contributed by atoms with E-state index in [4.69, 9.17) is 0 Å². The molecule has 0 aliphatic heterocycles. The molecule has 1 aliphatic rings. The second-order valence-electron chi connectivity index (χ2n) is 4.65. The molecule has 1 heterocycles. The first-order chi connectivity index (χ1) is 7.47. The van der Waals surface area contributed by atoms with E-state index in [1.165, 1.54) is 0 Å². The van der Waals surface area contributed by atoms with Gasteiger partial charge in [0.1, 0.15) is 0 Å². The number of hydrogen-bond acceptors (Lipinski definition) is 2. The Labute approximate surface area is 96.1 Å². The smallest absolute Gasteiger partial charge is 0.0868 e. The van der Waals surface area contributed by atoms with Crippen molar-refractivity contribution in [2.24, 2.45) is 7.05 Å². The van der Waals surface area contributed by atoms with Crippen molar-refractivity contribution in [2.45, 2.75) is 32.3 Å². The maximum Gasteiger partial charge on any atom is 0.0868 e. The molecular formula is C13H18N2O. The van der Waals surface area contributed by atoms with Gasteiger partial charge in [0.05, 0.1) is 17.2 Å². The van der Waals surface area contributed by atoms with Crippen LogP contribution in [0.1, 0.15) is 23.9 Å². The van der Waals surface area contributed by atoms with Crippen LogP contribution in [-0.2, 0) is 12.5 Å². The topological polar surface area (TPSA) is 38.1 Å². The summed E-state index contributed by atoms with van der Waals surface area (Å²) in [6.45, 7) is 6.12. The number of hydrogen-bond donors (Lipinski definition) is 1. The molecule has 2 rings (SSSR count). The maximum absolute atomic E-state index is 10.1. The van der Waals surface area contributed by atoms with Gasteiger partial charge >= 0.3 is 0 Å². The second kappa shape index (κ2) is 3.59. The van der Waals surface area contributed by atoms with Gasteiger partial charge in [0.25, 0.3) is 0 Å². The van der Waals surface area contributed by atoms with Gasteiger partial charge in [0.15, 0.2) is 0 Å². The summed E-state index contributed by atoms with van der Waals surface area (Å²) < 4.78 is 1.87. The van der Waals surface area contributed by atoms with E-state index in [0.717, 1.165) is 17.0 Å². The molecule has 1 aliphatic carbocycles. The Morgan fingerprint density at radius 2 is 2.06 bits per heavy atom. The van der Waals surface area contributed by atoms with Crippen LogP contribution in [0.2, 0.25) is 0 Å². The Morgan fingerprint density at radius 1 is 1.38 bits per heavy atom. The van der Waals surface area contributed by atoms with Crippen LogP contribution in [0.15, 0.2) is 24.3 Å². The molecule has 0 saturated heterocycles. The molecule has 0 spiro atoms. The highest BCUT2D eigenvalue weighted by Crippen LogP contribution is 2.34. The average molecular weight is 218 g/mol. The van der Waals surface area contributed by atoms with Gasteiger partial charge < -0.3 is 5.11 Å². The summed E-state index contributed by atoms with van der Waals surface area (Å²) in [4.78, 5) is 0. The maximum atomic E-state index is 10.1. The Hall–Kier alpha value is -1.35. The van der Waals surface area contributed by atoms with Gasteiger partial charge in [-0.05, 0) is 26.3 Å². The minimum atomic E-state index is -0.509. The van der Waals surface area contributed by atoms with Crippen LogP contribution in [0.3, 0.4) is 0 Å². The van der Waals surface area contributed by atoms with Gasteiger partial charge in [-0.3, -0.25) is 4.68 Å². The van der Waals surface area contributed by atoms with Crippen LogP contribution in [0, 0.1) is 13.8 Å². The fraction of sp³-hybridized carbons (Fsp3) is 0.462. The zero-order valence-corrected chi connectivity index (χ0v) is 10.2. The first-order valence-corrected chi connectivity index (χ1v) is 5.51. The van der Waals surface area contributed by atoms with Crippen LogP contribution in [0.25, 0.3) is 0 Å². The molecule has 3 nitrogen and oxygen atoms in total. The highest BCUT2D eigenvalue weighted by atomic mass is 16.3. The van der Waals surface area contributed by atoms with Crippen molar-refractivity contribution in [1.82, 2.24) is 9.78 Å². The predicted molar refractivity (Wildman–Crippen MR) is 64.3 cm³/mol. The monoisotopic (exact) mass is 218 g/mol. The van der Waals surface area contributed by atoms with Crippen molar-refractivity contribution in [1.29, 1.82) is 0 Å². The Morgan fingerprint density at radius 3 is 2.56 bits per heavy atom. The standard InChI is InChI=1S/C13H18N2O/c1-9-10(2)15(4)14-12(9)13(3)8-6-5-7-11(13)16/h5-8,11,16H,1-4H3. The Bertz CT molecular complexity index is 471. The van der Waals surface area contributed by atoms with E-state index in [1.807, 2.05) is 49.9 Å². The van der Waals surface area contributed by atoms with Gasteiger partial charge in [-0.25, -0.2) is 0 Å². The molecule has 2 atom stereocenters. The fourth-order valence-electron chi connectivity index (χ4n) is 2.17. The number of allylic oxidation sites excluding steroid dienone is 2. The second-order valence-corrected chi connectivity index (χ2v) is 4.65. The Kier molecular flexibility index (Phi) is 2.50. The van der Waals surface area contributed by atoms with Gasteiger partial charge in [-0.2, -0.15) is 5.10 Å².